The molecule has 0 spiro atoms. The summed E-state index contributed by atoms with van der Waals surface area (Å²) in [4.78, 5) is 18.7. The molecular formula is C22H21ClN4OS2. The number of fused-ring (bicyclic) bond motifs is 1. The van der Waals surface area contributed by atoms with Crippen molar-refractivity contribution in [3.05, 3.63) is 64.3 Å². The van der Waals surface area contributed by atoms with Crippen LogP contribution in [0.25, 0.3) is 15.3 Å². The van der Waals surface area contributed by atoms with E-state index in [4.69, 9.17) is 16.6 Å². The van der Waals surface area contributed by atoms with Gasteiger partial charge in [-0.1, -0.05) is 48.9 Å². The summed E-state index contributed by atoms with van der Waals surface area (Å²) < 4.78 is 2.58. The Bertz CT molecular complexity index is 1210. The molecular weight excluding hydrogens is 436 g/mol. The number of benzene rings is 2. The second kappa shape index (κ2) is 8.41. The van der Waals surface area contributed by atoms with Gasteiger partial charge < -0.3 is 5.32 Å². The van der Waals surface area contributed by atoms with Gasteiger partial charge in [0.05, 0.1) is 20.9 Å². The molecule has 0 aliphatic carbocycles. The van der Waals surface area contributed by atoms with E-state index in [0.29, 0.717) is 26.8 Å². The van der Waals surface area contributed by atoms with E-state index in [0.717, 1.165) is 26.4 Å². The lowest BCUT2D eigenvalue weighted by atomic mass is 10.2. The molecule has 2 aromatic heterocycles. The van der Waals surface area contributed by atoms with E-state index in [1.165, 1.54) is 11.3 Å². The monoisotopic (exact) mass is 456 g/mol. The highest BCUT2D eigenvalue weighted by Gasteiger charge is 2.17. The highest BCUT2D eigenvalue weighted by Crippen LogP contribution is 2.34. The van der Waals surface area contributed by atoms with Crippen LogP contribution in [-0.2, 0) is 0 Å². The zero-order chi connectivity index (χ0) is 21.4. The van der Waals surface area contributed by atoms with Gasteiger partial charge in [-0.2, -0.15) is 9.78 Å². The summed E-state index contributed by atoms with van der Waals surface area (Å²) >= 11 is 9.54. The summed E-state index contributed by atoms with van der Waals surface area (Å²) in [7, 11) is 0. The van der Waals surface area contributed by atoms with Crippen LogP contribution in [0, 0.1) is 13.8 Å². The van der Waals surface area contributed by atoms with Crippen molar-refractivity contribution in [1.29, 1.82) is 0 Å². The number of amides is 1. The fraction of sp³-hybridized carbons (Fsp3) is 0.227. The zero-order valence-corrected chi connectivity index (χ0v) is 19.5. The van der Waals surface area contributed by atoms with E-state index >= 15 is 0 Å². The topological polar surface area (TPSA) is 59.8 Å². The summed E-state index contributed by atoms with van der Waals surface area (Å²) in [6.07, 6.45) is 0. The van der Waals surface area contributed by atoms with Crippen molar-refractivity contribution in [2.24, 2.45) is 0 Å². The summed E-state index contributed by atoms with van der Waals surface area (Å²) in [6, 6.07) is 13.3. The summed E-state index contributed by atoms with van der Waals surface area (Å²) in [5, 5.41) is 9.30. The van der Waals surface area contributed by atoms with Crippen molar-refractivity contribution in [2.45, 2.75) is 37.8 Å². The predicted octanol–water partition coefficient (Wildman–Crippen LogP) is 6.51. The Morgan fingerprint density at radius 3 is 2.73 bits per heavy atom. The molecule has 0 atom stereocenters. The number of aryl methyl sites for hydroxylation is 2. The van der Waals surface area contributed by atoms with Crippen LogP contribution in [-0.4, -0.2) is 25.9 Å². The second-order valence-corrected chi connectivity index (χ2v) is 10.3. The van der Waals surface area contributed by atoms with Gasteiger partial charge in [0.15, 0.2) is 0 Å². The Morgan fingerprint density at radius 2 is 2.00 bits per heavy atom. The van der Waals surface area contributed by atoms with Crippen molar-refractivity contribution < 1.29 is 4.79 Å². The van der Waals surface area contributed by atoms with E-state index in [1.54, 1.807) is 16.4 Å². The first kappa shape index (κ1) is 20.9. The van der Waals surface area contributed by atoms with Crippen LogP contribution < -0.4 is 5.32 Å². The van der Waals surface area contributed by atoms with E-state index in [-0.39, 0.29) is 5.91 Å². The lowest BCUT2D eigenvalue weighted by Crippen LogP contribution is -2.15. The number of thiazole rings is 1. The molecule has 30 heavy (non-hydrogen) atoms. The van der Waals surface area contributed by atoms with E-state index in [2.05, 4.69) is 24.3 Å². The van der Waals surface area contributed by atoms with Crippen LogP contribution in [0.15, 0.2) is 47.4 Å². The molecule has 4 aromatic rings. The average molecular weight is 457 g/mol. The molecule has 0 aliphatic rings. The maximum Gasteiger partial charge on any atom is 0.256 e. The molecule has 5 nitrogen and oxygen atoms in total. The number of aromatic nitrogens is 3. The number of anilines is 1. The molecule has 4 rings (SSSR count). The largest absolute Gasteiger partial charge is 0.306 e. The summed E-state index contributed by atoms with van der Waals surface area (Å²) in [5.74, 6) is 0.393. The Labute approximate surface area is 188 Å². The lowest BCUT2D eigenvalue weighted by Gasteiger charge is -2.09. The molecule has 8 heteroatoms. The number of nitrogens with zero attached hydrogens (tertiary/aromatic N) is 3. The normalized spacial score (nSPS) is 11.4. The fourth-order valence-electron chi connectivity index (χ4n) is 3.09. The number of rotatable bonds is 5. The van der Waals surface area contributed by atoms with Crippen LogP contribution in [0.4, 0.5) is 5.82 Å². The Kier molecular flexibility index (Phi) is 5.86. The number of carbonyl (C=O) groups excluding carboxylic acids is 1. The van der Waals surface area contributed by atoms with Crippen LogP contribution in [0.5, 0.6) is 0 Å². The van der Waals surface area contributed by atoms with Crippen molar-refractivity contribution in [1.82, 2.24) is 14.8 Å². The van der Waals surface area contributed by atoms with Gasteiger partial charge in [-0.05, 0) is 43.7 Å². The third kappa shape index (κ3) is 4.24. The molecule has 0 fully saturated rings. The van der Waals surface area contributed by atoms with Crippen molar-refractivity contribution >= 4 is 56.6 Å². The second-order valence-electron chi connectivity index (χ2n) is 7.27. The van der Waals surface area contributed by atoms with Crippen LogP contribution >= 0.6 is 34.7 Å². The quantitative estimate of drug-likeness (QED) is 0.348. The summed E-state index contributed by atoms with van der Waals surface area (Å²) in [5.41, 5.74) is 3.29. The molecule has 2 aromatic carbocycles. The van der Waals surface area contributed by atoms with E-state index < -0.39 is 0 Å². The van der Waals surface area contributed by atoms with Crippen LogP contribution in [0.2, 0.25) is 5.02 Å². The molecule has 0 bridgehead atoms. The van der Waals surface area contributed by atoms with Gasteiger partial charge in [-0.3, -0.25) is 4.79 Å². The highest BCUT2D eigenvalue weighted by atomic mass is 35.5. The Balaban J connectivity index is 1.67. The van der Waals surface area contributed by atoms with Gasteiger partial charge in [0.25, 0.3) is 5.91 Å². The minimum absolute atomic E-state index is 0.183. The van der Waals surface area contributed by atoms with Crippen LogP contribution in [0.3, 0.4) is 0 Å². The van der Waals surface area contributed by atoms with Gasteiger partial charge in [-0.25, -0.2) is 4.98 Å². The fourth-order valence-corrected chi connectivity index (χ4v) is 5.27. The Hall–Kier alpha value is -2.35. The van der Waals surface area contributed by atoms with Crippen molar-refractivity contribution in [2.75, 3.05) is 5.32 Å². The van der Waals surface area contributed by atoms with Crippen LogP contribution in [0.1, 0.15) is 35.5 Å². The maximum atomic E-state index is 12.9. The maximum absolute atomic E-state index is 12.9. The SMILES string of the molecule is Cc1cc(NC(=O)c2cccc(SC(C)C)c2)n(-c2nc3c(C)ccc(Cl)c3s2)n1. The highest BCUT2D eigenvalue weighted by molar-refractivity contribution is 7.99. The zero-order valence-electron chi connectivity index (χ0n) is 17.1. The molecule has 1 amide bonds. The standard InChI is InChI=1S/C22H21ClN4OS2/c1-12(2)29-16-7-5-6-15(11-16)21(28)24-18-10-14(4)26-27(18)22-25-19-13(3)8-9-17(23)20(19)30-22/h5-12H,1-4H3,(H,24,28). The first-order valence-corrected chi connectivity index (χ1v) is 11.6. The number of hydrogen-bond donors (Lipinski definition) is 1. The number of hydrogen-bond acceptors (Lipinski definition) is 5. The lowest BCUT2D eigenvalue weighted by molar-refractivity contribution is 0.102. The average Bonchev–Trinajstić information content (AvgIpc) is 3.29. The van der Waals surface area contributed by atoms with Gasteiger partial charge in [-0.15, -0.1) is 11.8 Å². The number of thioether (sulfide) groups is 1. The van der Waals surface area contributed by atoms with Gasteiger partial charge in [0.2, 0.25) is 5.13 Å². The number of halogens is 1. The number of carbonyl (C=O) groups is 1. The molecule has 1 N–H and O–H groups in total. The number of nitrogens with one attached hydrogen (secondary N) is 1. The van der Waals surface area contributed by atoms with Gasteiger partial charge >= 0.3 is 0 Å². The minimum atomic E-state index is -0.183. The van der Waals surface area contributed by atoms with E-state index in [9.17, 15) is 4.79 Å². The van der Waals surface area contributed by atoms with Gasteiger partial charge in [0, 0.05) is 21.8 Å². The molecule has 0 saturated heterocycles. The molecule has 0 unspecified atom stereocenters. The van der Waals surface area contributed by atoms with Crippen molar-refractivity contribution in [3.8, 4) is 5.13 Å². The predicted molar refractivity (Wildman–Crippen MR) is 127 cm³/mol. The first-order valence-electron chi connectivity index (χ1n) is 9.52. The molecule has 0 saturated carbocycles. The third-order valence-electron chi connectivity index (χ3n) is 4.41. The van der Waals surface area contributed by atoms with Crippen molar-refractivity contribution in [3.63, 3.8) is 0 Å². The smallest absolute Gasteiger partial charge is 0.256 e. The molecule has 0 radical (unpaired) electrons. The summed E-state index contributed by atoms with van der Waals surface area (Å²) in [6.45, 7) is 8.15. The third-order valence-corrected chi connectivity index (χ3v) is 6.90. The molecule has 2 heterocycles. The van der Waals surface area contributed by atoms with Gasteiger partial charge in [0.1, 0.15) is 5.82 Å². The molecule has 154 valence electrons. The van der Waals surface area contributed by atoms with E-state index in [1.807, 2.05) is 56.3 Å². The molecule has 0 aliphatic heterocycles. The Morgan fingerprint density at radius 1 is 1.20 bits per heavy atom. The first-order chi connectivity index (χ1) is 14.3. The minimum Gasteiger partial charge on any atom is -0.306 e.